The van der Waals surface area contributed by atoms with Crippen LogP contribution in [0.25, 0.3) is 22.4 Å². The summed E-state index contributed by atoms with van der Waals surface area (Å²) in [6, 6.07) is 13.2. The summed E-state index contributed by atoms with van der Waals surface area (Å²) in [5.41, 5.74) is 3.73. The van der Waals surface area contributed by atoms with Gasteiger partial charge in [0, 0.05) is 18.3 Å². The normalized spacial score (nSPS) is 11.1. The Morgan fingerprint density at radius 2 is 1.81 bits per heavy atom. The number of carbonyl (C=O) groups is 1. The molecule has 0 bridgehead atoms. The molecule has 0 fully saturated rings. The SMILES string of the molecule is Cc1cc(-c2cc(C(=O)N(C)c3ccccc3)c3c(C)noc3n2)c(C)o1. The topological polar surface area (TPSA) is 72.4 Å². The first-order valence-corrected chi connectivity index (χ1v) is 8.63. The number of hydrogen-bond acceptors (Lipinski definition) is 5. The number of anilines is 1. The maximum Gasteiger partial charge on any atom is 0.259 e. The van der Waals surface area contributed by atoms with E-state index in [9.17, 15) is 4.79 Å². The molecule has 0 atom stereocenters. The molecule has 6 heteroatoms. The molecule has 4 rings (SSSR count). The van der Waals surface area contributed by atoms with Gasteiger partial charge in [-0.05, 0) is 45.0 Å². The van der Waals surface area contributed by atoms with Gasteiger partial charge in [0.25, 0.3) is 11.6 Å². The van der Waals surface area contributed by atoms with Crippen LogP contribution in [-0.4, -0.2) is 23.1 Å². The smallest absolute Gasteiger partial charge is 0.259 e. The van der Waals surface area contributed by atoms with E-state index in [2.05, 4.69) is 10.1 Å². The lowest BCUT2D eigenvalue weighted by Gasteiger charge is -2.18. The fraction of sp³-hybridized carbons (Fsp3) is 0.190. The minimum atomic E-state index is -0.154. The second-order valence-electron chi connectivity index (χ2n) is 6.53. The highest BCUT2D eigenvalue weighted by Gasteiger charge is 2.23. The highest BCUT2D eigenvalue weighted by atomic mass is 16.5. The molecule has 1 aromatic carbocycles. The van der Waals surface area contributed by atoms with Gasteiger partial charge in [0.15, 0.2) is 0 Å². The van der Waals surface area contributed by atoms with Gasteiger partial charge in [-0.3, -0.25) is 4.79 Å². The van der Waals surface area contributed by atoms with Crippen molar-refractivity contribution in [3.63, 3.8) is 0 Å². The van der Waals surface area contributed by atoms with Crippen LogP contribution in [0.2, 0.25) is 0 Å². The Kier molecular flexibility index (Phi) is 4.03. The van der Waals surface area contributed by atoms with Crippen molar-refractivity contribution in [2.75, 3.05) is 11.9 Å². The van der Waals surface area contributed by atoms with E-state index in [0.29, 0.717) is 28.1 Å². The highest BCUT2D eigenvalue weighted by Crippen LogP contribution is 2.31. The molecule has 0 aliphatic carbocycles. The van der Waals surface area contributed by atoms with Crippen molar-refractivity contribution in [2.45, 2.75) is 20.8 Å². The molecule has 0 N–H and O–H groups in total. The van der Waals surface area contributed by atoms with Gasteiger partial charge >= 0.3 is 0 Å². The van der Waals surface area contributed by atoms with Crippen molar-refractivity contribution in [3.8, 4) is 11.3 Å². The van der Waals surface area contributed by atoms with Crippen LogP contribution in [0.15, 0.2) is 51.4 Å². The standard InChI is InChI=1S/C21H19N3O3/c1-12-10-16(14(3)26-12)18-11-17(19-13(2)23-27-20(19)22-18)21(25)24(4)15-8-6-5-7-9-15/h5-11H,1-4H3. The quantitative estimate of drug-likeness (QED) is 0.529. The summed E-state index contributed by atoms with van der Waals surface area (Å²) < 4.78 is 11.0. The van der Waals surface area contributed by atoms with E-state index in [4.69, 9.17) is 8.94 Å². The number of fused-ring (bicyclic) bond motifs is 1. The van der Waals surface area contributed by atoms with E-state index in [1.807, 2.05) is 50.2 Å². The van der Waals surface area contributed by atoms with Crippen LogP contribution in [0.3, 0.4) is 0 Å². The van der Waals surface area contributed by atoms with Crippen LogP contribution in [0, 0.1) is 20.8 Å². The first kappa shape index (κ1) is 17.0. The van der Waals surface area contributed by atoms with Crippen molar-refractivity contribution in [1.82, 2.24) is 10.1 Å². The van der Waals surface area contributed by atoms with Gasteiger partial charge in [-0.25, -0.2) is 4.98 Å². The van der Waals surface area contributed by atoms with Gasteiger partial charge in [0.2, 0.25) is 0 Å². The van der Waals surface area contributed by atoms with Crippen LogP contribution in [0.1, 0.15) is 27.6 Å². The Bertz CT molecular complexity index is 1140. The van der Waals surface area contributed by atoms with Crippen LogP contribution in [0.4, 0.5) is 5.69 Å². The van der Waals surface area contributed by atoms with Gasteiger partial charge in [0.05, 0.1) is 22.3 Å². The number of aromatic nitrogens is 2. The third-order valence-electron chi connectivity index (χ3n) is 4.61. The zero-order valence-electron chi connectivity index (χ0n) is 15.6. The summed E-state index contributed by atoms with van der Waals surface area (Å²) in [4.78, 5) is 19.5. The predicted molar refractivity (Wildman–Crippen MR) is 103 cm³/mol. The number of aryl methyl sites for hydroxylation is 3. The lowest BCUT2D eigenvalue weighted by molar-refractivity contribution is 0.0994. The van der Waals surface area contributed by atoms with E-state index in [1.54, 1.807) is 24.9 Å². The van der Waals surface area contributed by atoms with E-state index < -0.39 is 0 Å². The summed E-state index contributed by atoms with van der Waals surface area (Å²) in [6.07, 6.45) is 0. The Balaban J connectivity index is 1.89. The summed E-state index contributed by atoms with van der Waals surface area (Å²) in [7, 11) is 1.75. The number of hydrogen-bond donors (Lipinski definition) is 0. The van der Waals surface area contributed by atoms with Gasteiger partial charge < -0.3 is 13.8 Å². The molecule has 6 nitrogen and oxygen atoms in total. The third-order valence-corrected chi connectivity index (χ3v) is 4.61. The van der Waals surface area contributed by atoms with Crippen molar-refractivity contribution in [3.05, 3.63) is 65.2 Å². The first-order valence-electron chi connectivity index (χ1n) is 8.63. The Labute approximate surface area is 156 Å². The molecule has 3 aromatic heterocycles. The maximum atomic E-state index is 13.3. The van der Waals surface area contributed by atoms with Gasteiger partial charge in [0.1, 0.15) is 11.5 Å². The number of para-hydroxylation sites is 1. The summed E-state index contributed by atoms with van der Waals surface area (Å²) in [5.74, 6) is 1.37. The average Bonchev–Trinajstić information content (AvgIpc) is 3.22. The molecule has 4 aromatic rings. The largest absolute Gasteiger partial charge is 0.466 e. The lowest BCUT2D eigenvalue weighted by Crippen LogP contribution is -2.26. The molecule has 136 valence electrons. The minimum Gasteiger partial charge on any atom is -0.466 e. The molecule has 0 aliphatic rings. The fourth-order valence-electron chi connectivity index (χ4n) is 3.24. The average molecular weight is 361 g/mol. The van der Waals surface area contributed by atoms with Crippen LogP contribution < -0.4 is 4.90 Å². The number of carbonyl (C=O) groups excluding carboxylic acids is 1. The van der Waals surface area contributed by atoms with E-state index in [1.165, 1.54) is 0 Å². The molecule has 27 heavy (non-hydrogen) atoms. The summed E-state index contributed by atoms with van der Waals surface area (Å²) >= 11 is 0. The minimum absolute atomic E-state index is 0.154. The van der Waals surface area contributed by atoms with Crippen molar-refractivity contribution >= 4 is 22.7 Å². The first-order chi connectivity index (χ1) is 13.0. The van der Waals surface area contributed by atoms with Crippen LogP contribution >= 0.6 is 0 Å². The fourth-order valence-corrected chi connectivity index (χ4v) is 3.24. The van der Waals surface area contributed by atoms with E-state index in [-0.39, 0.29) is 5.91 Å². The Hall–Kier alpha value is -3.41. The van der Waals surface area contributed by atoms with Crippen molar-refractivity contribution in [2.24, 2.45) is 0 Å². The molecule has 0 unspecified atom stereocenters. The number of amides is 1. The summed E-state index contributed by atoms with van der Waals surface area (Å²) in [5, 5.41) is 4.63. The zero-order chi connectivity index (χ0) is 19.1. The van der Waals surface area contributed by atoms with Gasteiger partial charge in [-0.1, -0.05) is 23.4 Å². The molecule has 0 radical (unpaired) electrons. The summed E-state index contributed by atoms with van der Waals surface area (Å²) in [6.45, 7) is 5.56. The number of pyridine rings is 1. The van der Waals surface area contributed by atoms with Gasteiger partial charge in [-0.2, -0.15) is 0 Å². The van der Waals surface area contributed by atoms with E-state index in [0.717, 1.165) is 22.8 Å². The molecule has 0 saturated heterocycles. The van der Waals surface area contributed by atoms with Crippen molar-refractivity contribution in [1.29, 1.82) is 0 Å². The predicted octanol–water partition coefficient (Wildman–Crippen LogP) is 4.68. The van der Waals surface area contributed by atoms with Crippen LogP contribution in [-0.2, 0) is 0 Å². The number of nitrogens with zero attached hydrogens (tertiary/aromatic N) is 3. The third kappa shape index (κ3) is 2.89. The Morgan fingerprint density at radius 3 is 2.48 bits per heavy atom. The van der Waals surface area contributed by atoms with Crippen LogP contribution in [0.5, 0.6) is 0 Å². The number of benzene rings is 1. The molecule has 1 amide bonds. The molecule has 0 aliphatic heterocycles. The molecular formula is C21H19N3O3. The molecule has 0 saturated carbocycles. The zero-order valence-corrected chi connectivity index (χ0v) is 15.6. The van der Waals surface area contributed by atoms with Crippen molar-refractivity contribution < 1.29 is 13.7 Å². The molecular weight excluding hydrogens is 342 g/mol. The molecule has 3 heterocycles. The Morgan fingerprint density at radius 1 is 1.07 bits per heavy atom. The monoisotopic (exact) mass is 361 g/mol. The number of rotatable bonds is 3. The second kappa shape index (κ2) is 6.39. The number of furan rings is 1. The van der Waals surface area contributed by atoms with E-state index >= 15 is 0 Å². The molecule has 0 spiro atoms. The second-order valence-corrected chi connectivity index (χ2v) is 6.53. The lowest BCUT2D eigenvalue weighted by atomic mass is 10.0. The highest BCUT2D eigenvalue weighted by molar-refractivity contribution is 6.14. The van der Waals surface area contributed by atoms with Gasteiger partial charge in [-0.15, -0.1) is 0 Å². The maximum absolute atomic E-state index is 13.3.